The van der Waals surface area contributed by atoms with Crippen LogP contribution in [0.25, 0.3) is 0 Å². The van der Waals surface area contributed by atoms with Crippen molar-refractivity contribution >= 4 is 11.6 Å². The van der Waals surface area contributed by atoms with Crippen LogP contribution in [0.4, 0.5) is 0 Å². The predicted molar refractivity (Wildman–Crippen MR) is 90.6 cm³/mol. The molecule has 1 aromatic rings. The fraction of sp³-hybridized carbons (Fsp3) is 0.412. The van der Waals surface area contributed by atoms with E-state index in [1.54, 1.807) is 19.2 Å². The minimum atomic E-state index is 0.00194. The molecule has 0 radical (unpaired) electrons. The molecule has 1 rings (SSSR count). The Balaban J connectivity index is 2.85. The van der Waals surface area contributed by atoms with Gasteiger partial charge in [0.2, 0.25) is 0 Å². The fourth-order valence-corrected chi connectivity index (χ4v) is 1.94. The Labute approximate surface area is 142 Å². The number of ether oxygens (including phenoxy) is 1. The van der Waals surface area contributed by atoms with Crippen LogP contribution in [0.3, 0.4) is 0 Å². The lowest BCUT2D eigenvalue weighted by atomic mass is 9.97. The molecule has 0 heterocycles. The lowest BCUT2D eigenvalue weighted by Crippen LogP contribution is -2.28. The van der Waals surface area contributed by atoms with Gasteiger partial charge in [-0.2, -0.15) is 10.5 Å². The molecule has 2 N–H and O–H groups in total. The first-order valence-corrected chi connectivity index (χ1v) is 7.53. The first-order chi connectivity index (χ1) is 10.8. The average molecular weight is 333 g/mol. The van der Waals surface area contributed by atoms with Crippen molar-refractivity contribution in [1.29, 1.82) is 10.5 Å². The standard InChI is InChI=1S/C17H21ClN4O/c1-17(2,3)11-22-16(9-20)15(8-19)21-10-12-5-6-13(23-4)7-14(12)18/h5-7,21-22H,10-11H2,1-4H3/b16-15-. The van der Waals surface area contributed by atoms with E-state index in [9.17, 15) is 10.5 Å². The summed E-state index contributed by atoms with van der Waals surface area (Å²) in [5.41, 5.74) is 1.24. The van der Waals surface area contributed by atoms with Gasteiger partial charge in [-0.3, -0.25) is 0 Å². The fourth-order valence-electron chi connectivity index (χ4n) is 1.70. The van der Waals surface area contributed by atoms with Gasteiger partial charge in [-0.05, 0) is 23.1 Å². The molecule has 0 aromatic heterocycles. The van der Waals surface area contributed by atoms with Crippen molar-refractivity contribution in [3.8, 4) is 17.9 Å². The highest BCUT2D eigenvalue weighted by molar-refractivity contribution is 6.31. The van der Waals surface area contributed by atoms with Crippen molar-refractivity contribution < 1.29 is 4.74 Å². The largest absolute Gasteiger partial charge is 0.497 e. The quantitative estimate of drug-likeness (QED) is 0.781. The second-order valence-electron chi connectivity index (χ2n) is 6.20. The average Bonchev–Trinajstić information content (AvgIpc) is 2.50. The Hall–Kier alpha value is -2.37. The van der Waals surface area contributed by atoms with Crippen LogP contribution in [0.5, 0.6) is 5.75 Å². The van der Waals surface area contributed by atoms with E-state index in [-0.39, 0.29) is 16.8 Å². The summed E-state index contributed by atoms with van der Waals surface area (Å²) in [5, 5.41) is 25.0. The van der Waals surface area contributed by atoms with Crippen LogP contribution in [-0.4, -0.2) is 13.7 Å². The van der Waals surface area contributed by atoms with Crippen LogP contribution < -0.4 is 15.4 Å². The molecule has 0 atom stereocenters. The Kier molecular flexibility index (Phi) is 6.75. The minimum Gasteiger partial charge on any atom is -0.497 e. The highest BCUT2D eigenvalue weighted by Crippen LogP contribution is 2.22. The van der Waals surface area contributed by atoms with Gasteiger partial charge >= 0.3 is 0 Å². The molecule has 6 heteroatoms. The van der Waals surface area contributed by atoms with E-state index in [0.717, 1.165) is 5.56 Å². The normalized spacial score (nSPS) is 11.8. The van der Waals surface area contributed by atoms with Crippen LogP contribution in [0.15, 0.2) is 29.6 Å². The van der Waals surface area contributed by atoms with Crippen LogP contribution in [0.1, 0.15) is 26.3 Å². The number of hydrogen-bond donors (Lipinski definition) is 2. The number of benzene rings is 1. The molecule has 0 fully saturated rings. The number of nitrogens with one attached hydrogen (secondary N) is 2. The SMILES string of the molecule is COc1ccc(CN/C(C#N)=C(/C#N)NCC(C)(C)C)c(Cl)c1. The lowest BCUT2D eigenvalue weighted by molar-refractivity contribution is 0.398. The first kappa shape index (κ1) is 18.7. The molecule has 0 aliphatic carbocycles. The van der Waals surface area contributed by atoms with E-state index in [1.807, 2.05) is 39.0 Å². The maximum absolute atomic E-state index is 9.27. The zero-order chi connectivity index (χ0) is 17.5. The summed E-state index contributed by atoms with van der Waals surface area (Å²) >= 11 is 6.17. The summed E-state index contributed by atoms with van der Waals surface area (Å²) in [5.74, 6) is 0.666. The van der Waals surface area contributed by atoms with Crippen LogP contribution >= 0.6 is 11.6 Å². The number of nitriles is 2. The van der Waals surface area contributed by atoms with Gasteiger partial charge in [0.05, 0.1) is 7.11 Å². The van der Waals surface area contributed by atoms with Crippen molar-refractivity contribution in [2.24, 2.45) is 5.41 Å². The van der Waals surface area contributed by atoms with Gasteiger partial charge in [0.25, 0.3) is 0 Å². The molecule has 0 amide bonds. The second kappa shape index (κ2) is 8.31. The van der Waals surface area contributed by atoms with Crippen LogP contribution in [0.2, 0.25) is 5.02 Å². The Morgan fingerprint density at radius 1 is 1.17 bits per heavy atom. The number of rotatable bonds is 6. The third-order valence-corrected chi connectivity index (χ3v) is 3.34. The summed E-state index contributed by atoms with van der Waals surface area (Å²) in [6, 6.07) is 9.36. The monoisotopic (exact) mass is 332 g/mol. The number of allylic oxidation sites excluding steroid dienone is 2. The van der Waals surface area contributed by atoms with Crippen molar-refractivity contribution in [3.05, 3.63) is 40.2 Å². The lowest BCUT2D eigenvalue weighted by Gasteiger charge is -2.19. The molecule has 0 unspecified atom stereocenters. The highest BCUT2D eigenvalue weighted by atomic mass is 35.5. The molecule has 0 bridgehead atoms. The number of methoxy groups -OCH3 is 1. The molecular formula is C17H21ClN4O. The Morgan fingerprint density at radius 2 is 1.78 bits per heavy atom. The molecule has 0 spiro atoms. The van der Waals surface area contributed by atoms with E-state index >= 15 is 0 Å². The topological polar surface area (TPSA) is 80.9 Å². The van der Waals surface area contributed by atoms with Gasteiger partial charge in [0, 0.05) is 18.1 Å². The molecule has 0 saturated carbocycles. The zero-order valence-corrected chi connectivity index (χ0v) is 14.6. The van der Waals surface area contributed by atoms with Gasteiger partial charge in [-0.1, -0.05) is 38.4 Å². The van der Waals surface area contributed by atoms with Gasteiger partial charge in [-0.15, -0.1) is 0 Å². The molecule has 122 valence electrons. The van der Waals surface area contributed by atoms with Crippen molar-refractivity contribution in [2.75, 3.05) is 13.7 Å². The van der Waals surface area contributed by atoms with Crippen molar-refractivity contribution in [2.45, 2.75) is 27.3 Å². The Bertz CT molecular complexity index is 663. The summed E-state index contributed by atoms with van der Waals surface area (Å²) in [4.78, 5) is 0. The second-order valence-corrected chi connectivity index (χ2v) is 6.61. The molecule has 5 nitrogen and oxygen atoms in total. The maximum Gasteiger partial charge on any atom is 0.148 e. The number of hydrogen-bond acceptors (Lipinski definition) is 5. The van der Waals surface area contributed by atoms with Crippen molar-refractivity contribution in [3.63, 3.8) is 0 Å². The van der Waals surface area contributed by atoms with E-state index < -0.39 is 0 Å². The predicted octanol–water partition coefficient (Wildman–Crippen LogP) is 3.33. The summed E-state index contributed by atoms with van der Waals surface area (Å²) < 4.78 is 5.10. The molecule has 23 heavy (non-hydrogen) atoms. The van der Waals surface area contributed by atoms with Crippen LogP contribution in [-0.2, 0) is 6.54 Å². The minimum absolute atomic E-state index is 0.00194. The van der Waals surface area contributed by atoms with Gasteiger partial charge in [0.15, 0.2) is 0 Å². The summed E-state index contributed by atoms with van der Waals surface area (Å²) in [6.45, 7) is 7.07. The van der Waals surface area contributed by atoms with E-state index in [0.29, 0.717) is 23.9 Å². The third-order valence-electron chi connectivity index (χ3n) is 2.98. The summed E-state index contributed by atoms with van der Waals surface area (Å²) in [7, 11) is 1.57. The van der Waals surface area contributed by atoms with Gasteiger partial charge < -0.3 is 15.4 Å². The van der Waals surface area contributed by atoms with Crippen LogP contribution in [0, 0.1) is 28.1 Å². The molecule has 1 aromatic carbocycles. The molecule has 0 saturated heterocycles. The maximum atomic E-state index is 9.27. The number of halogens is 1. The zero-order valence-electron chi connectivity index (χ0n) is 13.8. The first-order valence-electron chi connectivity index (χ1n) is 7.15. The van der Waals surface area contributed by atoms with E-state index in [2.05, 4.69) is 10.6 Å². The van der Waals surface area contributed by atoms with E-state index in [4.69, 9.17) is 16.3 Å². The molecule has 0 aliphatic heterocycles. The van der Waals surface area contributed by atoms with Gasteiger partial charge in [0.1, 0.15) is 29.3 Å². The Morgan fingerprint density at radius 3 is 2.26 bits per heavy atom. The number of nitrogens with zero attached hydrogens (tertiary/aromatic N) is 2. The van der Waals surface area contributed by atoms with E-state index in [1.165, 1.54) is 0 Å². The third kappa shape index (κ3) is 6.10. The smallest absolute Gasteiger partial charge is 0.148 e. The summed E-state index contributed by atoms with van der Waals surface area (Å²) in [6.07, 6.45) is 0. The highest BCUT2D eigenvalue weighted by Gasteiger charge is 2.13. The molecule has 0 aliphatic rings. The van der Waals surface area contributed by atoms with Crippen molar-refractivity contribution in [1.82, 2.24) is 10.6 Å². The molecular weight excluding hydrogens is 312 g/mol. The van der Waals surface area contributed by atoms with Gasteiger partial charge in [-0.25, -0.2) is 0 Å².